The van der Waals surface area contributed by atoms with E-state index >= 15 is 0 Å². The number of carbonyl (C=O) groups excluding carboxylic acids is 2. The summed E-state index contributed by atoms with van der Waals surface area (Å²) < 4.78 is 0. The summed E-state index contributed by atoms with van der Waals surface area (Å²) in [5.41, 5.74) is 1.03. The zero-order valence-electron chi connectivity index (χ0n) is 12.0. The first-order chi connectivity index (χ1) is 9.86. The van der Waals surface area contributed by atoms with Crippen molar-refractivity contribution in [2.45, 2.75) is 25.8 Å². The number of carboxylic acids is 1. The van der Waals surface area contributed by atoms with E-state index in [1.807, 2.05) is 0 Å². The number of carbonyl (C=O) groups is 3. The zero-order chi connectivity index (χ0) is 15.6. The number of likely N-dealkylation sites (N-methyl/N-ethyl adjacent to an activating group) is 1. The van der Waals surface area contributed by atoms with E-state index in [1.54, 1.807) is 13.0 Å². The second-order valence-electron chi connectivity index (χ2n) is 5.40. The van der Waals surface area contributed by atoms with E-state index in [4.69, 9.17) is 5.11 Å². The van der Waals surface area contributed by atoms with Crippen molar-refractivity contribution in [3.05, 3.63) is 34.9 Å². The molecule has 0 bridgehead atoms. The molecule has 6 nitrogen and oxygen atoms in total. The van der Waals surface area contributed by atoms with Gasteiger partial charge in [-0.15, -0.1) is 0 Å². The van der Waals surface area contributed by atoms with Crippen LogP contribution in [0.25, 0.3) is 0 Å². The number of carboxylic acid groups (broad SMARTS) is 1. The van der Waals surface area contributed by atoms with Gasteiger partial charge in [0, 0.05) is 18.7 Å². The fraction of sp³-hybridized carbons (Fsp3) is 0.400. The van der Waals surface area contributed by atoms with Crippen LogP contribution in [-0.4, -0.2) is 47.4 Å². The van der Waals surface area contributed by atoms with Gasteiger partial charge in [-0.2, -0.15) is 0 Å². The molecule has 112 valence electrons. The third kappa shape index (κ3) is 4.05. The molecule has 0 saturated heterocycles. The van der Waals surface area contributed by atoms with Crippen molar-refractivity contribution in [1.29, 1.82) is 0 Å². The Labute approximate surface area is 122 Å². The van der Waals surface area contributed by atoms with Gasteiger partial charge in [-0.3, -0.25) is 9.59 Å². The van der Waals surface area contributed by atoms with Crippen LogP contribution >= 0.6 is 0 Å². The Morgan fingerprint density at radius 3 is 2.43 bits per heavy atom. The second kappa shape index (κ2) is 5.95. The van der Waals surface area contributed by atoms with Crippen LogP contribution in [0.4, 0.5) is 0 Å². The Morgan fingerprint density at radius 2 is 1.86 bits per heavy atom. The molecule has 21 heavy (non-hydrogen) atoms. The average molecular weight is 290 g/mol. The predicted octanol–water partition coefficient (Wildman–Crippen LogP) is 1.04. The molecule has 2 N–H and O–H groups in total. The molecule has 0 spiro atoms. The van der Waals surface area contributed by atoms with E-state index in [-0.39, 0.29) is 35.5 Å². The van der Waals surface area contributed by atoms with E-state index in [9.17, 15) is 14.4 Å². The van der Waals surface area contributed by atoms with Crippen molar-refractivity contribution in [2.24, 2.45) is 0 Å². The maximum Gasteiger partial charge on any atom is 0.335 e. The normalized spacial score (nSPS) is 13.6. The van der Waals surface area contributed by atoms with Crippen LogP contribution in [-0.2, 0) is 4.79 Å². The summed E-state index contributed by atoms with van der Waals surface area (Å²) in [6, 6.07) is 4.69. The lowest BCUT2D eigenvalue weighted by Gasteiger charge is -2.17. The van der Waals surface area contributed by atoms with Gasteiger partial charge >= 0.3 is 5.97 Å². The van der Waals surface area contributed by atoms with E-state index < -0.39 is 5.97 Å². The number of hydrogen-bond donors (Lipinski definition) is 2. The van der Waals surface area contributed by atoms with Crippen molar-refractivity contribution < 1.29 is 19.5 Å². The molecule has 0 heterocycles. The first kappa shape index (κ1) is 15.0. The molecule has 0 aliphatic heterocycles. The Kier molecular flexibility index (Phi) is 4.26. The zero-order valence-corrected chi connectivity index (χ0v) is 12.0. The fourth-order valence-corrected chi connectivity index (χ4v) is 2.04. The highest BCUT2D eigenvalue weighted by Gasteiger charge is 2.24. The van der Waals surface area contributed by atoms with Crippen molar-refractivity contribution in [3.8, 4) is 0 Å². The Bertz CT molecular complexity index is 593. The van der Waals surface area contributed by atoms with Gasteiger partial charge in [0.1, 0.15) is 0 Å². The molecule has 0 radical (unpaired) electrons. The summed E-state index contributed by atoms with van der Waals surface area (Å²) in [5, 5.41) is 11.8. The minimum atomic E-state index is -1.08. The maximum atomic E-state index is 12.3. The summed E-state index contributed by atoms with van der Waals surface area (Å²) in [6.07, 6.45) is 1.98. The summed E-state index contributed by atoms with van der Waals surface area (Å²) in [6.45, 7) is 1.69. The highest BCUT2D eigenvalue weighted by atomic mass is 16.4. The molecule has 6 heteroatoms. The molecule has 1 aliphatic carbocycles. The summed E-state index contributed by atoms with van der Waals surface area (Å²) in [7, 11) is 1.53. The number of rotatable bonds is 5. The van der Waals surface area contributed by atoms with Gasteiger partial charge in [0.15, 0.2) is 0 Å². The summed E-state index contributed by atoms with van der Waals surface area (Å²) in [5.74, 6) is -1.64. The number of aromatic carboxylic acids is 1. The molecule has 1 saturated carbocycles. The monoisotopic (exact) mass is 290 g/mol. The van der Waals surface area contributed by atoms with Crippen LogP contribution in [0.5, 0.6) is 0 Å². The van der Waals surface area contributed by atoms with Crippen LogP contribution in [0.3, 0.4) is 0 Å². The molecule has 0 atom stereocenters. The average Bonchev–Trinajstić information content (AvgIpc) is 3.20. The van der Waals surface area contributed by atoms with Crippen LogP contribution in [0, 0.1) is 6.92 Å². The van der Waals surface area contributed by atoms with E-state index in [1.165, 1.54) is 24.1 Å². The van der Waals surface area contributed by atoms with Crippen molar-refractivity contribution in [3.63, 3.8) is 0 Å². The van der Waals surface area contributed by atoms with Crippen LogP contribution < -0.4 is 5.32 Å². The van der Waals surface area contributed by atoms with E-state index in [0.29, 0.717) is 5.56 Å². The maximum absolute atomic E-state index is 12.3. The van der Waals surface area contributed by atoms with Crippen molar-refractivity contribution in [2.75, 3.05) is 13.6 Å². The van der Waals surface area contributed by atoms with Gasteiger partial charge < -0.3 is 15.3 Å². The van der Waals surface area contributed by atoms with Gasteiger partial charge in [0.05, 0.1) is 12.1 Å². The molecule has 2 rings (SSSR count). The summed E-state index contributed by atoms with van der Waals surface area (Å²) >= 11 is 0. The van der Waals surface area contributed by atoms with Crippen molar-refractivity contribution >= 4 is 17.8 Å². The van der Waals surface area contributed by atoms with E-state index in [0.717, 1.165) is 12.8 Å². The molecule has 0 aromatic heterocycles. The van der Waals surface area contributed by atoms with Crippen molar-refractivity contribution in [1.82, 2.24) is 10.2 Å². The largest absolute Gasteiger partial charge is 0.478 e. The third-order valence-corrected chi connectivity index (χ3v) is 3.24. The SMILES string of the molecule is Cc1cc(C(=O)O)cc(C(=O)N(C)CC(=O)NC2CC2)c1. The number of hydrogen-bond acceptors (Lipinski definition) is 3. The van der Waals surface area contributed by atoms with Gasteiger partial charge in [-0.25, -0.2) is 4.79 Å². The second-order valence-corrected chi connectivity index (χ2v) is 5.40. The van der Waals surface area contributed by atoms with Crippen LogP contribution in [0.2, 0.25) is 0 Å². The van der Waals surface area contributed by atoms with Gasteiger partial charge in [-0.05, 0) is 43.5 Å². The standard InChI is InChI=1S/C15H18N2O4/c1-9-5-10(7-11(6-9)15(20)21)14(19)17(2)8-13(18)16-12-3-4-12/h5-7,12H,3-4,8H2,1-2H3,(H,16,18)(H,20,21). The lowest BCUT2D eigenvalue weighted by atomic mass is 10.1. The first-order valence-corrected chi connectivity index (χ1v) is 6.76. The molecule has 1 aromatic carbocycles. The third-order valence-electron chi connectivity index (χ3n) is 3.24. The molecular weight excluding hydrogens is 272 g/mol. The first-order valence-electron chi connectivity index (χ1n) is 6.76. The topological polar surface area (TPSA) is 86.7 Å². The lowest BCUT2D eigenvalue weighted by Crippen LogP contribution is -2.39. The van der Waals surface area contributed by atoms with Gasteiger partial charge in [-0.1, -0.05) is 0 Å². The number of nitrogens with one attached hydrogen (secondary N) is 1. The Morgan fingerprint density at radius 1 is 1.24 bits per heavy atom. The molecule has 2 amide bonds. The highest BCUT2D eigenvalue weighted by Crippen LogP contribution is 2.18. The van der Waals surface area contributed by atoms with E-state index in [2.05, 4.69) is 5.32 Å². The minimum absolute atomic E-state index is 0.0360. The predicted molar refractivity (Wildman–Crippen MR) is 76.3 cm³/mol. The molecular formula is C15H18N2O4. The molecule has 1 fully saturated rings. The number of aryl methyl sites for hydroxylation is 1. The Hall–Kier alpha value is -2.37. The lowest BCUT2D eigenvalue weighted by molar-refractivity contribution is -0.121. The number of nitrogens with zero attached hydrogens (tertiary/aromatic N) is 1. The molecule has 1 aliphatic rings. The fourth-order valence-electron chi connectivity index (χ4n) is 2.04. The minimum Gasteiger partial charge on any atom is -0.478 e. The smallest absolute Gasteiger partial charge is 0.335 e. The molecule has 0 unspecified atom stereocenters. The van der Waals surface area contributed by atoms with Gasteiger partial charge in [0.2, 0.25) is 5.91 Å². The number of benzene rings is 1. The molecule has 1 aromatic rings. The Balaban J connectivity index is 2.07. The van der Waals surface area contributed by atoms with Crippen LogP contribution in [0.15, 0.2) is 18.2 Å². The summed E-state index contributed by atoms with van der Waals surface area (Å²) in [4.78, 5) is 36.2. The quantitative estimate of drug-likeness (QED) is 0.848. The number of amides is 2. The van der Waals surface area contributed by atoms with Crippen LogP contribution in [0.1, 0.15) is 39.1 Å². The highest BCUT2D eigenvalue weighted by molar-refractivity contribution is 5.99. The van der Waals surface area contributed by atoms with Gasteiger partial charge in [0.25, 0.3) is 5.91 Å².